The van der Waals surface area contributed by atoms with Crippen LogP contribution in [0.4, 0.5) is 5.95 Å². The van der Waals surface area contributed by atoms with E-state index in [-0.39, 0.29) is 30.6 Å². The van der Waals surface area contributed by atoms with Gasteiger partial charge in [-0.2, -0.15) is 5.10 Å². The van der Waals surface area contributed by atoms with Gasteiger partial charge < -0.3 is 15.3 Å². The molecule has 10 heteroatoms. The zero-order valence-electron chi connectivity index (χ0n) is 17.2. The van der Waals surface area contributed by atoms with E-state index in [4.69, 9.17) is 0 Å². The van der Waals surface area contributed by atoms with E-state index in [1.165, 1.54) is 0 Å². The maximum absolute atomic E-state index is 10.5. The summed E-state index contributed by atoms with van der Waals surface area (Å²) in [6.07, 6.45) is 5.35. The first-order chi connectivity index (χ1) is 13.5. The quantitative estimate of drug-likeness (QED) is 0.629. The summed E-state index contributed by atoms with van der Waals surface area (Å²) in [5, 5.41) is 26.8. The number of hydrogen-bond acceptors (Lipinski definition) is 7. The molecule has 1 aliphatic heterocycles. The second-order valence-corrected chi connectivity index (χ2v) is 7.53. The number of piperazine rings is 1. The van der Waals surface area contributed by atoms with Gasteiger partial charge in [-0.3, -0.25) is 4.68 Å². The Hall–Kier alpha value is -2.42. The number of nitrogens with one attached hydrogen (secondary N) is 1. The number of aromatic nitrogens is 5. The first kappa shape index (κ1) is 23.9. The molecule has 4 rings (SSSR count). The smallest absolute Gasteiger partial charge is 0.245 e. The highest BCUT2D eigenvalue weighted by molar-refractivity contribution is 5.85. The maximum Gasteiger partial charge on any atom is 0.245 e. The van der Waals surface area contributed by atoms with Gasteiger partial charge in [0.05, 0.1) is 12.4 Å². The van der Waals surface area contributed by atoms with Crippen LogP contribution in [0, 0.1) is 5.92 Å². The first-order valence-corrected chi connectivity index (χ1v) is 9.51. The minimum absolute atomic E-state index is 0. The molecule has 3 aromatic rings. The molecule has 1 fully saturated rings. The molecule has 1 unspecified atom stereocenters. The van der Waals surface area contributed by atoms with Crippen LogP contribution in [0.1, 0.15) is 13.8 Å². The van der Waals surface area contributed by atoms with Crippen molar-refractivity contribution in [2.75, 3.05) is 24.5 Å². The third-order valence-electron chi connectivity index (χ3n) is 5.15. The Morgan fingerprint density at radius 2 is 1.93 bits per heavy atom. The Labute approximate surface area is 188 Å². The fraction of sp³-hybridized carbons (Fsp3) is 0.400. The Morgan fingerprint density at radius 3 is 2.53 bits per heavy atom. The second-order valence-electron chi connectivity index (χ2n) is 7.53. The monoisotopic (exact) mass is 451 g/mol. The predicted molar refractivity (Wildman–Crippen MR) is 122 cm³/mol. The molecule has 1 aliphatic rings. The number of nitrogens with zero attached hydrogens (tertiary/aromatic N) is 6. The van der Waals surface area contributed by atoms with Gasteiger partial charge in [0.15, 0.2) is 0 Å². The molecule has 8 nitrogen and oxygen atoms in total. The molecular weight excluding hydrogens is 425 g/mol. The lowest BCUT2D eigenvalue weighted by Gasteiger charge is -2.35. The molecule has 1 saturated heterocycles. The summed E-state index contributed by atoms with van der Waals surface area (Å²) in [4.78, 5) is 6.65. The van der Waals surface area contributed by atoms with Gasteiger partial charge in [0.1, 0.15) is 11.4 Å². The van der Waals surface area contributed by atoms with Crippen molar-refractivity contribution in [3.05, 3.63) is 36.8 Å². The van der Waals surface area contributed by atoms with Gasteiger partial charge in [0.25, 0.3) is 0 Å². The summed E-state index contributed by atoms with van der Waals surface area (Å²) < 4.78 is 1.73. The Bertz CT molecular complexity index is 962. The number of benzene rings is 1. The topological polar surface area (TPSA) is 92.0 Å². The van der Waals surface area contributed by atoms with Crippen LogP contribution < -0.4 is 10.2 Å². The molecule has 30 heavy (non-hydrogen) atoms. The molecule has 2 aromatic heterocycles. The van der Waals surface area contributed by atoms with Crippen molar-refractivity contribution in [3.8, 4) is 28.1 Å². The number of hydrogen-bond donors (Lipinski definition) is 2. The van der Waals surface area contributed by atoms with Crippen molar-refractivity contribution >= 4 is 30.8 Å². The Balaban J connectivity index is 0.00000160. The normalized spacial score (nSPS) is 16.1. The highest BCUT2D eigenvalue weighted by Crippen LogP contribution is 2.32. The van der Waals surface area contributed by atoms with E-state index in [0.717, 1.165) is 30.8 Å². The average molecular weight is 452 g/mol. The number of aromatic hydroxyl groups is 1. The number of phenols is 1. The van der Waals surface area contributed by atoms with Gasteiger partial charge in [0.2, 0.25) is 5.95 Å². The van der Waals surface area contributed by atoms with Crippen LogP contribution in [0.2, 0.25) is 0 Å². The molecule has 0 bridgehead atoms. The average Bonchev–Trinajstić information content (AvgIpc) is 3.14. The SMILES string of the molecule is CC(C)C1CN(c2ncc(-c3ccc(-c4cnn(C)c4)cc3O)nn2)CCN1.Cl.Cl. The zero-order chi connectivity index (χ0) is 19.7. The lowest BCUT2D eigenvalue weighted by Crippen LogP contribution is -2.53. The van der Waals surface area contributed by atoms with Crippen molar-refractivity contribution in [2.45, 2.75) is 19.9 Å². The molecule has 0 radical (unpaired) electrons. The van der Waals surface area contributed by atoms with Crippen LogP contribution in [-0.2, 0) is 7.05 Å². The number of halogens is 2. The van der Waals surface area contributed by atoms with Crippen LogP contribution >= 0.6 is 24.8 Å². The minimum Gasteiger partial charge on any atom is -0.507 e. The first-order valence-electron chi connectivity index (χ1n) is 9.51. The molecule has 1 atom stereocenters. The molecule has 0 aliphatic carbocycles. The molecule has 1 aromatic carbocycles. The fourth-order valence-electron chi connectivity index (χ4n) is 3.44. The number of phenolic OH excluding ortho intramolecular Hbond substituents is 1. The van der Waals surface area contributed by atoms with Gasteiger partial charge in [0, 0.05) is 50.0 Å². The molecular formula is C20H27Cl2N7O. The van der Waals surface area contributed by atoms with Crippen molar-refractivity contribution in [1.82, 2.24) is 30.3 Å². The summed E-state index contributed by atoms with van der Waals surface area (Å²) in [6.45, 7) is 7.05. The molecule has 3 heterocycles. The van der Waals surface area contributed by atoms with Gasteiger partial charge in [-0.25, -0.2) is 4.98 Å². The molecule has 2 N–H and O–H groups in total. The summed E-state index contributed by atoms with van der Waals surface area (Å²) in [5.41, 5.74) is 3.00. The van der Waals surface area contributed by atoms with Gasteiger partial charge >= 0.3 is 0 Å². The number of rotatable bonds is 4. The van der Waals surface area contributed by atoms with Gasteiger partial charge in [-0.1, -0.05) is 19.9 Å². The highest BCUT2D eigenvalue weighted by Gasteiger charge is 2.23. The van der Waals surface area contributed by atoms with E-state index in [0.29, 0.717) is 29.2 Å². The van der Waals surface area contributed by atoms with Crippen LogP contribution in [0.25, 0.3) is 22.4 Å². The Morgan fingerprint density at radius 1 is 1.13 bits per heavy atom. The minimum atomic E-state index is 0. The molecule has 0 spiro atoms. The van der Waals surface area contributed by atoms with Crippen molar-refractivity contribution in [2.24, 2.45) is 13.0 Å². The summed E-state index contributed by atoms with van der Waals surface area (Å²) in [5.74, 6) is 1.32. The van der Waals surface area contributed by atoms with E-state index in [1.807, 2.05) is 25.4 Å². The highest BCUT2D eigenvalue weighted by atomic mass is 35.5. The van der Waals surface area contributed by atoms with Crippen molar-refractivity contribution < 1.29 is 5.11 Å². The van der Waals surface area contributed by atoms with Gasteiger partial charge in [-0.05, 0) is 23.6 Å². The molecule has 162 valence electrons. The van der Waals surface area contributed by atoms with Crippen molar-refractivity contribution in [1.29, 1.82) is 0 Å². The van der Waals surface area contributed by atoms with Crippen LogP contribution in [0.3, 0.4) is 0 Å². The van der Waals surface area contributed by atoms with E-state index < -0.39 is 0 Å². The van der Waals surface area contributed by atoms with Crippen molar-refractivity contribution in [3.63, 3.8) is 0 Å². The zero-order valence-corrected chi connectivity index (χ0v) is 18.8. The maximum atomic E-state index is 10.5. The van der Waals surface area contributed by atoms with Gasteiger partial charge in [-0.15, -0.1) is 35.0 Å². The van der Waals surface area contributed by atoms with Crippen LogP contribution in [0.5, 0.6) is 5.75 Å². The fourth-order valence-corrected chi connectivity index (χ4v) is 3.44. The second kappa shape index (κ2) is 10.1. The largest absolute Gasteiger partial charge is 0.507 e. The van der Waals surface area contributed by atoms with E-state index in [9.17, 15) is 5.11 Å². The van der Waals surface area contributed by atoms with E-state index in [2.05, 4.69) is 44.3 Å². The number of anilines is 1. The van der Waals surface area contributed by atoms with E-state index >= 15 is 0 Å². The lowest BCUT2D eigenvalue weighted by atomic mass is 10.0. The number of aryl methyl sites for hydroxylation is 1. The summed E-state index contributed by atoms with van der Waals surface area (Å²) >= 11 is 0. The lowest BCUT2D eigenvalue weighted by molar-refractivity contribution is 0.365. The third kappa shape index (κ3) is 5.00. The standard InChI is InChI=1S/C20H25N7O.2ClH/c1-13(2)18-12-27(7-6-21-18)20-22-10-17(24-25-20)16-5-4-14(8-19(16)28)15-9-23-26(3)11-15;;/h4-5,8-11,13,18,21,28H,6-7,12H2,1-3H3;2*1H. The molecule has 0 amide bonds. The Kier molecular flexibility index (Phi) is 8.00. The third-order valence-corrected chi connectivity index (χ3v) is 5.15. The summed E-state index contributed by atoms with van der Waals surface area (Å²) in [6, 6.07) is 5.90. The van der Waals surface area contributed by atoms with Crippen LogP contribution in [-0.4, -0.2) is 55.7 Å². The van der Waals surface area contributed by atoms with Crippen LogP contribution in [0.15, 0.2) is 36.8 Å². The molecule has 0 saturated carbocycles. The van der Waals surface area contributed by atoms with E-state index in [1.54, 1.807) is 23.1 Å². The predicted octanol–water partition coefficient (Wildman–Crippen LogP) is 2.92. The summed E-state index contributed by atoms with van der Waals surface area (Å²) in [7, 11) is 1.86.